The molecule has 2 aliphatic heterocycles. The molecule has 4 rings (SSSR count). The number of hydrogen-bond acceptors (Lipinski definition) is 5. The number of carbonyl (C=O) groups excluding carboxylic acids is 3. The minimum absolute atomic E-state index is 0.0203. The Morgan fingerprint density at radius 1 is 1.03 bits per heavy atom. The second-order valence-corrected chi connectivity index (χ2v) is 8.58. The van der Waals surface area contributed by atoms with Crippen LogP contribution in [0.5, 0.6) is 11.5 Å². The lowest BCUT2D eigenvalue weighted by molar-refractivity contribution is -0.133. The number of carbonyl (C=O) groups is 3. The number of piperazine rings is 1. The highest BCUT2D eigenvalue weighted by atomic mass is 16.5. The van der Waals surface area contributed by atoms with Crippen LogP contribution in [0.1, 0.15) is 41.7 Å². The van der Waals surface area contributed by atoms with Crippen LogP contribution in [-0.2, 0) is 9.59 Å². The van der Waals surface area contributed by atoms with E-state index in [1.54, 1.807) is 40.9 Å². The number of para-hydroxylation sites is 1. The molecule has 0 spiro atoms. The summed E-state index contributed by atoms with van der Waals surface area (Å²) >= 11 is 0. The Balaban J connectivity index is 1.47. The van der Waals surface area contributed by atoms with Gasteiger partial charge in [0.2, 0.25) is 11.8 Å². The molecule has 2 aromatic rings. The van der Waals surface area contributed by atoms with Crippen LogP contribution in [0, 0.1) is 0 Å². The third-order valence-corrected chi connectivity index (χ3v) is 6.48. The minimum atomic E-state index is -0.240. The summed E-state index contributed by atoms with van der Waals surface area (Å²) in [6.45, 7) is 4.46. The van der Waals surface area contributed by atoms with Crippen molar-refractivity contribution in [3.8, 4) is 11.5 Å². The average molecular weight is 466 g/mol. The summed E-state index contributed by atoms with van der Waals surface area (Å²) in [6, 6.07) is 14.6. The maximum Gasteiger partial charge on any atom is 0.257 e. The van der Waals surface area contributed by atoms with E-state index in [0.29, 0.717) is 50.5 Å². The second kappa shape index (κ2) is 10.6. The molecule has 2 heterocycles. The van der Waals surface area contributed by atoms with E-state index in [-0.39, 0.29) is 23.8 Å². The Labute approximate surface area is 200 Å². The molecule has 8 nitrogen and oxygen atoms in total. The van der Waals surface area contributed by atoms with Crippen molar-refractivity contribution in [2.75, 3.05) is 46.4 Å². The quantitative estimate of drug-likeness (QED) is 0.628. The molecule has 180 valence electrons. The summed E-state index contributed by atoms with van der Waals surface area (Å²) in [6.07, 6.45) is 1.48. The molecule has 0 aliphatic carbocycles. The number of methoxy groups -OCH3 is 1. The van der Waals surface area contributed by atoms with E-state index >= 15 is 0 Å². The maximum atomic E-state index is 13.5. The van der Waals surface area contributed by atoms with Crippen molar-refractivity contribution in [3.05, 3.63) is 59.7 Å². The highest BCUT2D eigenvalue weighted by molar-refractivity contribution is 5.97. The molecule has 0 aromatic heterocycles. The summed E-state index contributed by atoms with van der Waals surface area (Å²) in [5, 5.41) is 0. The maximum absolute atomic E-state index is 13.5. The van der Waals surface area contributed by atoms with Gasteiger partial charge >= 0.3 is 0 Å². The van der Waals surface area contributed by atoms with Crippen molar-refractivity contribution < 1.29 is 23.9 Å². The highest BCUT2D eigenvalue weighted by Gasteiger charge is 2.33. The van der Waals surface area contributed by atoms with E-state index in [1.807, 2.05) is 36.4 Å². The average Bonchev–Trinajstić information content (AvgIpc) is 3.28. The predicted molar refractivity (Wildman–Crippen MR) is 127 cm³/mol. The summed E-state index contributed by atoms with van der Waals surface area (Å²) in [5.41, 5.74) is 1.44. The van der Waals surface area contributed by atoms with Crippen molar-refractivity contribution in [2.24, 2.45) is 0 Å². The topological polar surface area (TPSA) is 79.4 Å². The van der Waals surface area contributed by atoms with E-state index in [4.69, 9.17) is 9.47 Å². The lowest BCUT2D eigenvalue weighted by Gasteiger charge is -2.41. The summed E-state index contributed by atoms with van der Waals surface area (Å²) < 4.78 is 11.2. The van der Waals surface area contributed by atoms with E-state index in [1.165, 1.54) is 0 Å². The molecule has 34 heavy (non-hydrogen) atoms. The van der Waals surface area contributed by atoms with Gasteiger partial charge in [0.05, 0.1) is 25.3 Å². The minimum Gasteiger partial charge on any atom is -0.497 e. The molecule has 2 aromatic carbocycles. The molecule has 0 bridgehead atoms. The van der Waals surface area contributed by atoms with Gasteiger partial charge in [0.15, 0.2) is 0 Å². The molecule has 0 unspecified atom stereocenters. The lowest BCUT2D eigenvalue weighted by atomic mass is 10.0. The van der Waals surface area contributed by atoms with Crippen molar-refractivity contribution in [1.29, 1.82) is 0 Å². The fourth-order valence-electron chi connectivity index (χ4n) is 4.60. The smallest absolute Gasteiger partial charge is 0.257 e. The first kappa shape index (κ1) is 23.6. The first-order chi connectivity index (χ1) is 16.5. The summed E-state index contributed by atoms with van der Waals surface area (Å²) in [4.78, 5) is 43.0. The van der Waals surface area contributed by atoms with Gasteiger partial charge in [0, 0.05) is 39.5 Å². The zero-order chi connectivity index (χ0) is 24.1. The van der Waals surface area contributed by atoms with Crippen LogP contribution in [0.3, 0.4) is 0 Å². The Bertz CT molecular complexity index is 1040. The van der Waals surface area contributed by atoms with Crippen molar-refractivity contribution >= 4 is 17.7 Å². The van der Waals surface area contributed by atoms with E-state index in [0.717, 1.165) is 24.3 Å². The fourth-order valence-corrected chi connectivity index (χ4v) is 4.60. The molecule has 0 radical (unpaired) electrons. The standard InChI is InChI=1S/C26H31N3O5/c1-19(30)29-15-14-28(18-23(29)20-9-11-21(33-2)12-10-20)26(32)22-6-3-4-7-24(22)34-17-16-27-13-5-8-25(27)31/h3-4,6-7,9-12,23H,5,8,13-18H2,1-2H3/t23-/m0/s1. The van der Waals surface area contributed by atoms with Crippen LogP contribution in [0.25, 0.3) is 0 Å². The largest absolute Gasteiger partial charge is 0.497 e. The van der Waals surface area contributed by atoms with Crippen molar-refractivity contribution in [1.82, 2.24) is 14.7 Å². The molecular formula is C26H31N3O5. The first-order valence-corrected chi connectivity index (χ1v) is 11.7. The van der Waals surface area contributed by atoms with Gasteiger partial charge in [-0.15, -0.1) is 0 Å². The van der Waals surface area contributed by atoms with Gasteiger partial charge < -0.3 is 24.2 Å². The van der Waals surface area contributed by atoms with Crippen LogP contribution in [-0.4, -0.2) is 78.9 Å². The van der Waals surface area contributed by atoms with Gasteiger partial charge in [-0.25, -0.2) is 0 Å². The number of ether oxygens (including phenoxy) is 2. The normalized spacial score (nSPS) is 18.2. The van der Waals surface area contributed by atoms with Crippen molar-refractivity contribution in [2.45, 2.75) is 25.8 Å². The van der Waals surface area contributed by atoms with Crippen LogP contribution in [0.2, 0.25) is 0 Å². The first-order valence-electron chi connectivity index (χ1n) is 11.7. The molecule has 2 aliphatic rings. The number of nitrogens with zero attached hydrogens (tertiary/aromatic N) is 3. The molecular weight excluding hydrogens is 434 g/mol. The van der Waals surface area contributed by atoms with Gasteiger partial charge in [-0.2, -0.15) is 0 Å². The van der Waals surface area contributed by atoms with Gasteiger partial charge in [0.1, 0.15) is 18.1 Å². The van der Waals surface area contributed by atoms with Gasteiger partial charge in [-0.05, 0) is 36.2 Å². The summed E-state index contributed by atoms with van der Waals surface area (Å²) in [5.74, 6) is 1.25. The SMILES string of the molecule is COc1ccc([C@@H]2CN(C(=O)c3ccccc3OCCN3CCCC3=O)CCN2C(C)=O)cc1. The van der Waals surface area contributed by atoms with Crippen LogP contribution in [0.15, 0.2) is 48.5 Å². The number of benzene rings is 2. The Kier molecular flexibility index (Phi) is 7.35. The van der Waals surface area contributed by atoms with Gasteiger partial charge in [-0.1, -0.05) is 24.3 Å². The molecule has 0 N–H and O–H groups in total. The van der Waals surface area contributed by atoms with E-state index in [2.05, 4.69) is 0 Å². The summed E-state index contributed by atoms with van der Waals surface area (Å²) in [7, 11) is 1.61. The van der Waals surface area contributed by atoms with Crippen LogP contribution in [0.4, 0.5) is 0 Å². The number of hydrogen-bond donors (Lipinski definition) is 0. The molecule has 2 saturated heterocycles. The molecule has 2 fully saturated rings. The Morgan fingerprint density at radius 3 is 2.47 bits per heavy atom. The number of likely N-dealkylation sites (tertiary alicyclic amines) is 1. The lowest BCUT2D eigenvalue weighted by Crippen LogP contribution is -2.51. The monoisotopic (exact) mass is 465 g/mol. The number of amides is 3. The molecule has 0 saturated carbocycles. The van der Waals surface area contributed by atoms with E-state index < -0.39 is 0 Å². The van der Waals surface area contributed by atoms with Gasteiger partial charge in [-0.3, -0.25) is 14.4 Å². The Hall–Kier alpha value is -3.55. The van der Waals surface area contributed by atoms with Crippen molar-refractivity contribution in [3.63, 3.8) is 0 Å². The molecule has 8 heteroatoms. The Morgan fingerprint density at radius 2 is 1.79 bits per heavy atom. The third-order valence-electron chi connectivity index (χ3n) is 6.48. The predicted octanol–water partition coefficient (Wildman–Crippen LogP) is 2.74. The zero-order valence-corrected chi connectivity index (χ0v) is 19.7. The fraction of sp³-hybridized carbons (Fsp3) is 0.423. The van der Waals surface area contributed by atoms with E-state index in [9.17, 15) is 14.4 Å². The highest BCUT2D eigenvalue weighted by Crippen LogP contribution is 2.29. The molecule has 1 atom stereocenters. The van der Waals surface area contributed by atoms with Gasteiger partial charge in [0.25, 0.3) is 5.91 Å². The third kappa shape index (κ3) is 5.16. The number of rotatable bonds is 7. The second-order valence-electron chi connectivity index (χ2n) is 8.58. The van der Waals surface area contributed by atoms with Crippen LogP contribution < -0.4 is 9.47 Å². The van der Waals surface area contributed by atoms with Crippen LogP contribution >= 0.6 is 0 Å². The zero-order valence-electron chi connectivity index (χ0n) is 19.7. The molecule has 3 amide bonds.